The zero-order valence-electron chi connectivity index (χ0n) is 14.3. The third-order valence-corrected chi connectivity index (χ3v) is 4.42. The number of nitrogens with zero attached hydrogens (tertiary/aromatic N) is 1. The molecule has 1 aliphatic carbocycles. The summed E-state index contributed by atoms with van der Waals surface area (Å²) in [6, 6.07) is 5.79. The summed E-state index contributed by atoms with van der Waals surface area (Å²) in [6.07, 6.45) is 4.72. The highest BCUT2D eigenvalue weighted by Crippen LogP contribution is 2.32. The van der Waals surface area contributed by atoms with E-state index >= 15 is 0 Å². The minimum absolute atomic E-state index is 0.423. The van der Waals surface area contributed by atoms with E-state index < -0.39 is 5.60 Å². The van der Waals surface area contributed by atoms with Crippen LogP contribution in [0.15, 0.2) is 23.2 Å². The molecule has 0 saturated heterocycles. The lowest BCUT2D eigenvalue weighted by atomic mass is 10.0. The lowest BCUT2D eigenvalue weighted by Gasteiger charge is -2.20. The van der Waals surface area contributed by atoms with Crippen LogP contribution in [0, 0.1) is 0 Å². The second-order valence-corrected chi connectivity index (χ2v) is 6.46. The summed E-state index contributed by atoms with van der Waals surface area (Å²) in [4.78, 5) is 4.57. The van der Waals surface area contributed by atoms with Gasteiger partial charge in [-0.3, -0.25) is 4.99 Å². The van der Waals surface area contributed by atoms with E-state index in [1.165, 1.54) is 0 Å². The van der Waals surface area contributed by atoms with E-state index in [0.29, 0.717) is 25.7 Å². The van der Waals surface area contributed by atoms with Gasteiger partial charge in [-0.1, -0.05) is 12.8 Å². The second-order valence-electron chi connectivity index (χ2n) is 6.46. The molecule has 0 aromatic heterocycles. The van der Waals surface area contributed by atoms with Crippen molar-refractivity contribution in [3.8, 4) is 11.5 Å². The zero-order chi connectivity index (χ0) is 16.8. The molecule has 2 aliphatic rings. The fourth-order valence-electron chi connectivity index (χ4n) is 3.10. The van der Waals surface area contributed by atoms with Gasteiger partial charge in [0.2, 0.25) is 0 Å². The summed E-state index contributed by atoms with van der Waals surface area (Å²) in [6.45, 7) is 4.55. The molecule has 0 spiro atoms. The van der Waals surface area contributed by atoms with E-state index in [1.807, 2.05) is 25.1 Å². The summed E-state index contributed by atoms with van der Waals surface area (Å²) in [5, 5.41) is 17.0. The summed E-state index contributed by atoms with van der Waals surface area (Å²) in [5.74, 6) is 2.20. The van der Waals surface area contributed by atoms with Crippen molar-refractivity contribution in [1.29, 1.82) is 0 Å². The molecule has 1 aliphatic heterocycles. The van der Waals surface area contributed by atoms with Crippen molar-refractivity contribution < 1.29 is 14.6 Å². The predicted octanol–water partition coefficient (Wildman–Crippen LogP) is 2.53. The van der Waals surface area contributed by atoms with Crippen LogP contribution in [0.2, 0.25) is 0 Å². The highest BCUT2D eigenvalue weighted by Gasteiger charge is 2.30. The van der Waals surface area contributed by atoms with Gasteiger partial charge >= 0.3 is 0 Å². The van der Waals surface area contributed by atoms with Crippen LogP contribution in [-0.2, 0) is 0 Å². The van der Waals surface area contributed by atoms with Crippen LogP contribution in [0.1, 0.15) is 39.0 Å². The number of aliphatic hydroxyl groups is 1. The number of nitrogens with one attached hydrogen (secondary N) is 2. The van der Waals surface area contributed by atoms with Crippen molar-refractivity contribution >= 4 is 11.6 Å². The first-order chi connectivity index (χ1) is 11.7. The van der Waals surface area contributed by atoms with Crippen LogP contribution >= 0.6 is 0 Å². The molecule has 1 saturated carbocycles. The Kier molecular flexibility index (Phi) is 5.45. The predicted molar refractivity (Wildman–Crippen MR) is 95.1 cm³/mol. The topological polar surface area (TPSA) is 75.1 Å². The molecule has 3 rings (SSSR count). The van der Waals surface area contributed by atoms with Gasteiger partial charge in [-0.2, -0.15) is 0 Å². The number of aliphatic imine (C=N–C) groups is 1. The Morgan fingerprint density at radius 2 is 1.92 bits per heavy atom. The van der Waals surface area contributed by atoms with Crippen LogP contribution in [0.3, 0.4) is 0 Å². The molecular weight excluding hydrogens is 306 g/mol. The van der Waals surface area contributed by atoms with E-state index in [4.69, 9.17) is 9.47 Å². The van der Waals surface area contributed by atoms with Gasteiger partial charge in [0.1, 0.15) is 0 Å². The number of guanidine groups is 1. The maximum absolute atomic E-state index is 10.5. The molecule has 1 aromatic rings. The fourth-order valence-corrected chi connectivity index (χ4v) is 3.10. The average molecular weight is 333 g/mol. The largest absolute Gasteiger partial charge is 0.490 e. The first-order valence-electron chi connectivity index (χ1n) is 8.86. The van der Waals surface area contributed by atoms with Gasteiger partial charge in [-0.05, 0) is 31.9 Å². The third kappa shape index (κ3) is 4.32. The van der Waals surface area contributed by atoms with Gasteiger partial charge in [0.15, 0.2) is 17.5 Å². The standard InChI is InChI=1S/C18H27N3O3/c1-2-19-17(20-13-18(22)8-3-4-9-18)21-14-6-7-15-16(12-14)24-11-5-10-23-15/h6-7,12,22H,2-5,8-11,13H2,1H3,(H2,19,20,21). The third-order valence-electron chi connectivity index (χ3n) is 4.42. The monoisotopic (exact) mass is 333 g/mol. The summed E-state index contributed by atoms with van der Waals surface area (Å²) in [5.41, 5.74) is 0.241. The summed E-state index contributed by atoms with van der Waals surface area (Å²) < 4.78 is 11.4. The quantitative estimate of drug-likeness (QED) is 0.583. The van der Waals surface area contributed by atoms with E-state index in [0.717, 1.165) is 55.8 Å². The molecule has 1 fully saturated rings. The van der Waals surface area contributed by atoms with Crippen LogP contribution in [0.25, 0.3) is 0 Å². The van der Waals surface area contributed by atoms with Crippen LogP contribution in [-0.4, -0.2) is 43.0 Å². The van der Waals surface area contributed by atoms with Gasteiger partial charge in [-0.25, -0.2) is 0 Å². The van der Waals surface area contributed by atoms with Crippen molar-refractivity contribution in [1.82, 2.24) is 5.32 Å². The first kappa shape index (κ1) is 16.9. The van der Waals surface area contributed by atoms with Crippen molar-refractivity contribution in [3.05, 3.63) is 18.2 Å². The molecule has 24 heavy (non-hydrogen) atoms. The highest BCUT2D eigenvalue weighted by atomic mass is 16.5. The molecule has 0 atom stereocenters. The van der Waals surface area contributed by atoms with Crippen molar-refractivity contribution in [2.45, 2.75) is 44.6 Å². The minimum Gasteiger partial charge on any atom is -0.490 e. The lowest BCUT2D eigenvalue weighted by Crippen LogP contribution is -2.34. The van der Waals surface area contributed by atoms with Gasteiger partial charge in [0.25, 0.3) is 0 Å². The van der Waals surface area contributed by atoms with Crippen LogP contribution in [0.4, 0.5) is 5.69 Å². The number of hydrogen-bond donors (Lipinski definition) is 3. The van der Waals surface area contributed by atoms with Gasteiger partial charge in [0.05, 0.1) is 25.4 Å². The van der Waals surface area contributed by atoms with Crippen molar-refractivity contribution in [3.63, 3.8) is 0 Å². The number of ether oxygens (including phenoxy) is 2. The Bertz CT molecular complexity index is 583. The smallest absolute Gasteiger partial charge is 0.195 e. The van der Waals surface area contributed by atoms with Crippen molar-refractivity contribution in [2.24, 2.45) is 4.99 Å². The van der Waals surface area contributed by atoms with Crippen molar-refractivity contribution in [2.75, 3.05) is 31.6 Å². The molecule has 6 heteroatoms. The minimum atomic E-state index is -0.646. The molecule has 3 N–H and O–H groups in total. The molecule has 0 radical (unpaired) electrons. The lowest BCUT2D eigenvalue weighted by molar-refractivity contribution is 0.0575. The van der Waals surface area contributed by atoms with E-state index in [1.54, 1.807) is 0 Å². The number of hydrogen-bond acceptors (Lipinski definition) is 4. The van der Waals surface area contributed by atoms with E-state index in [9.17, 15) is 5.11 Å². The van der Waals surface area contributed by atoms with Gasteiger partial charge < -0.3 is 25.2 Å². The summed E-state index contributed by atoms with van der Waals surface area (Å²) >= 11 is 0. The van der Waals surface area contributed by atoms with Gasteiger partial charge in [0, 0.05) is 24.7 Å². The van der Waals surface area contributed by atoms with Crippen LogP contribution < -0.4 is 20.1 Å². The second kappa shape index (κ2) is 7.75. The molecule has 0 unspecified atom stereocenters. The molecular formula is C18H27N3O3. The van der Waals surface area contributed by atoms with Crippen LogP contribution in [0.5, 0.6) is 11.5 Å². The Balaban J connectivity index is 1.69. The Hall–Kier alpha value is -1.95. The zero-order valence-corrected chi connectivity index (χ0v) is 14.3. The number of rotatable bonds is 4. The first-order valence-corrected chi connectivity index (χ1v) is 8.86. The molecule has 0 amide bonds. The molecule has 0 bridgehead atoms. The SMILES string of the molecule is CCNC(=NCC1(O)CCCC1)Nc1ccc2c(c1)OCCCO2. The Labute approximate surface area is 143 Å². The maximum Gasteiger partial charge on any atom is 0.195 e. The molecule has 1 aromatic carbocycles. The normalized spacial score (nSPS) is 19.7. The van der Waals surface area contributed by atoms with E-state index in [-0.39, 0.29) is 0 Å². The molecule has 132 valence electrons. The number of benzene rings is 1. The number of fused-ring (bicyclic) bond motifs is 1. The summed E-state index contributed by atoms with van der Waals surface area (Å²) in [7, 11) is 0. The Morgan fingerprint density at radius 1 is 1.17 bits per heavy atom. The molecule has 6 nitrogen and oxygen atoms in total. The van der Waals surface area contributed by atoms with E-state index in [2.05, 4.69) is 15.6 Å². The Morgan fingerprint density at radius 3 is 2.67 bits per heavy atom. The average Bonchev–Trinajstić information content (AvgIpc) is 2.88. The highest BCUT2D eigenvalue weighted by molar-refractivity contribution is 5.94. The maximum atomic E-state index is 10.5. The molecule has 1 heterocycles. The fraction of sp³-hybridized carbons (Fsp3) is 0.611. The number of anilines is 1. The van der Waals surface area contributed by atoms with Gasteiger partial charge in [-0.15, -0.1) is 0 Å².